The van der Waals surface area contributed by atoms with E-state index in [1.54, 1.807) is 10.6 Å². The van der Waals surface area contributed by atoms with Crippen molar-refractivity contribution in [3.63, 3.8) is 0 Å². The third-order valence-corrected chi connectivity index (χ3v) is 2.96. The number of nitrogens with zero attached hydrogens (tertiary/aromatic N) is 1. The summed E-state index contributed by atoms with van der Waals surface area (Å²) < 4.78 is 2.44. The maximum absolute atomic E-state index is 11.6. The van der Waals surface area contributed by atoms with Crippen molar-refractivity contribution in [2.45, 2.75) is 12.5 Å². The second kappa shape index (κ2) is 3.64. The van der Waals surface area contributed by atoms with Gasteiger partial charge in [0.25, 0.3) is 5.56 Å². The fraction of sp³-hybridized carbons (Fsp3) is 0.444. The molecule has 1 aromatic heterocycles. The Morgan fingerprint density at radius 2 is 2.46 bits per heavy atom. The van der Waals surface area contributed by atoms with Crippen LogP contribution in [0.15, 0.2) is 27.6 Å². The molecule has 1 N–H and O–H groups in total. The third-order valence-electron chi connectivity index (χ3n) is 2.36. The second-order valence-corrected chi connectivity index (χ2v) is 4.07. The number of hydrogen-bond acceptors (Lipinski definition) is 2. The molecule has 1 aliphatic rings. The Morgan fingerprint density at radius 1 is 1.62 bits per heavy atom. The van der Waals surface area contributed by atoms with Crippen LogP contribution in [-0.4, -0.2) is 17.7 Å². The summed E-state index contributed by atoms with van der Waals surface area (Å²) in [5.74, 6) is 0. The molecule has 1 aliphatic heterocycles. The lowest BCUT2D eigenvalue weighted by atomic mass is 10.2. The molecule has 4 heteroatoms. The molecule has 0 amide bonds. The third kappa shape index (κ3) is 1.69. The predicted molar refractivity (Wildman–Crippen MR) is 54.9 cm³/mol. The van der Waals surface area contributed by atoms with Crippen LogP contribution in [0.25, 0.3) is 0 Å². The van der Waals surface area contributed by atoms with Gasteiger partial charge in [-0.15, -0.1) is 0 Å². The minimum absolute atomic E-state index is 0.0659. The van der Waals surface area contributed by atoms with Gasteiger partial charge in [-0.1, -0.05) is 0 Å². The van der Waals surface area contributed by atoms with Gasteiger partial charge in [-0.25, -0.2) is 0 Å². The lowest BCUT2D eigenvalue weighted by Gasteiger charge is -2.12. The molecule has 0 spiro atoms. The van der Waals surface area contributed by atoms with E-state index in [4.69, 9.17) is 0 Å². The molecular formula is C9H11BrN2O. The molecule has 1 atom stereocenters. The molecule has 0 saturated carbocycles. The molecule has 2 heterocycles. The van der Waals surface area contributed by atoms with Gasteiger partial charge in [0.2, 0.25) is 0 Å². The summed E-state index contributed by atoms with van der Waals surface area (Å²) in [7, 11) is 0. The second-order valence-electron chi connectivity index (χ2n) is 3.22. The van der Waals surface area contributed by atoms with Crippen LogP contribution in [0.5, 0.6) is 0 Å². The van der Waals surface area contributed by atoms with E-state index < -0.39 is 0 Å². The zero-order valence-corrected chi connectivity index (χ0v) is 8.75. The fourth-order valence-electron chi connectivity index (χ4n) is 1.65. The van der Waals surface area contributed by atoms with Crippen molar-refractivity contribution >= 4 is 15.9 Å². The van der Waals surface area contributed by atoms with E-state index in [2.05, 4.69) is 21.2 Å². The van der Waals surface area contributed by atoms with Gasteiger partial charge in [0.05, 0.1) is 10.5 Å². The van der Waals surface area contributed by atoms with E-state index >= 15 is 0 Å². The van der Waals surface area contributed by atoms with E-state index in [0.29, 0.717) is 10.5 Å². The molecule has 13 heavy (non-hydrogen) atoms. The lowest BCUT2D eigenvalue weighted by molar-refractivity contribution is 0.527. The van der Waals surface area contributed by atoms with Gasteiger partial charge in [0, 0.05) is 12.7 Å². The van der Waals surface area contributed by atoms with Crippen LogP contribution >= 0.6 is 15.9 Å². The molecule has 1 fully saturated rings. The zero-order valence-electron chi connectivity index (χ0n) is 7.16. The van der Waals surface area contributed by atoms with Gasteiger partial charge in [0.1, 0.15) is 0 Å². The van der Waals surface area contributed by atoms with Crippen LogP contribution in [0.1, 0.15) is 12.5 Å². The molecule has 0 radical (unpaired) electrons. The number of rotatable bonds is 1. The van der Waals surface area contributed by atoms with Gasteiger partial charge in [0.15, 0.2) is 0 Å². The Hall–Kier alpha value is -0.610. The largest absolute Gasteiger partial charge is 0.315 e. The summed E-state index contributed by atoms with van der Waals surface area (Å²) in [5.41, 5.74) is 0.0659. The smallest absolute Gasteiger partial charge is 0.265 e. The number of nitrogens with one attached hydrogen (secondary N) is 1. The average molecular weight is 243 g/mol. The van der Waals surface area contributed by atoms with Gasteiger partial charge < -0.3 is 9.88 Å². The topological polar surface area (TPSA) is 34.0 Å². The Morgan fingerprint density at radius 3 is 3.15 bits per heavy atom. The van der Waals surface area contributed by atoms with E-state index in [9.17, 15) is 4.79 Å². The number of hydrogen-bond donors (Lipinski definition) is 1. The van der Waals surface area contributed by atoms with Gasteiger partial charge in [-0.3, -0.25) is 4.79 Å². The summed E-state index contributed by atoms with van der Waals surface area (Å²) >= 11 is 3.24. The Kier molecular flexibility index (Phi) is 2.51. The quantitative estimate of drug-likeness (QED) is 0.802. The van der Waals surface area contributed by atoms with Gasteiger partial charge >= 0.3 is 0 Å². The molecule has 70 valence electrons. The Balaban J connectivity index is 2.39. The van der Waals surface area contributed by atoms with Crippen molar-refractivity contribution in [2.75, 3.05) is 13.1 Å². The number of halogens is 1. The number of pyridine rings is 1. The lowest BCUT2D eigenvalue weighted by Crippen LogP contribution is -2.25. The Labute approximate surface area is 84.9 Å². The summed E-state index contributed by atoms with van der Waals surface area (Å²) in [6.45, 7) is 1.90. The molecule has 0 aliphatic carbocycles. The van der Waals surface area contributed by atoms with Crippen molar-refractivity contribution in [2.24, 2.45) is 0 Å². The monoisotopic (exact) mass is 242 g/mol. The van der Waals surface area contributed by atoms with Crippen molar-refractivity contribution in [3.05, 3.63) is 33.2 Å². The van der Waals surface area contributed by atoms with Crippen molar-refractivity contribution in [3.8, 4) is 0 Å². The molecule has 1 aromatic rings. The molecule has 0 aromatic carbocycles. The predicted octanol–water partition coefficient (Wildman–Crippen LogP) is 1.15. The van der Waals surface area contributed by atoms with Crippen LogP contribution in [0.3, 0.4) is 0 Å². The van der Waals surface area contributed by atoms with Crippen molar-refractivity contribution in [1.82, 2.24) is 9.88 Å². The maximum Gasteiger partial charge on any atom is 0.265 e. The van der Waals surface area contributed by atoms with E-state index in [1.165, 1.54) is 0 Å². The molecule has 3 nitrogen and oxygen atoms in total. The van der Waals surface area contributed by atoms with Crippen LogP contribution in [0.2, 0.25) is 0 Å². The van der Waals surface area contributed by atoms with Crippen molar-refractivity contribution < 1.29 is 0 Å². The maximum atomic E-state index is 11.6. The molecule has 2 rings (SSSR count). The standard InChI is InChI=1S/C9H11BrN2O/c10-8-2-1-5-12(9(8)13)7-3-4-11-6-7/h1-2,5,7,11H,3-4,6H2. The van der Waals surface area contributed by atoms with Crippen LogP contribution in [0, 0.1) is 0 Å². The first-order valence-electron chi connectivity index (χ1n) is 4.36. The van der Waals surface area contributed by atoms with E-state index in [-0.39, 0.29) is 5.56 Å². The minimum Gasteiger partial charge on any atom is -0.315 e. The summed E-state index contributed by atoms with van der Waals surface area (Å²) in [4.78, 5) is 11.6. The first-order chi connectivity index (χ1) is 6.29. The zero-order chi connectivity index (χ0) is 9.26. The minimum atomic E-state index is 0.0659. The van der Waals surface area contributed by atoms with Crippen LogP contribution < -0.4 is 10.9 Å². The first-order valence-corrected chi connectivity index (χ1v) is 5.16. The normalized spacial score (nSPS) is 22.1. The fourth-order valence-corrected chi connectivity index (χ4v) is 2.00. The number of aromatic nitrogens is 1. The van der Waals surface area contributed by atoms with Crippen LogP contribution in [0.4, 0.5) is 0 Å². The first kappa shape index (κ1) is 8.97. The van der Waals surface area contributed by atoms with Gasteiger partial charge in [-0.05, 0) is 41.0 Å². The SMILES string of the molecule is O=c1c(Br)cccn1C1CCNC1. The molecular weight excluding hydrogens is 232 g/mol. The highest BCUT2D eigenvalue weighted by molar-refractivity contribution is 9.10. The molecule has 0 bridgehead atoms. The average Bonchev–Trinajstić information content (AvgIpc) is 2.62. The van der Waals surface area contributed by atoms with E-state index in [0.717, 1.165) is 19.5 Å². The highest BCUT2D eigenvalue weighted by Gasteiger charge is 2.17. The summed E-state index contributed by atoms with van der Waals surface area (Å²) in [6.07, 6.45) is 2.89. The summed E-state index contributed by atoms with van der Waals surface area (Å²) in [5, 5.41) is 3.24. The van der Waals surface area contributed by atoms with E-state index in [1.807, 2.05) is 12.3 Å². The highest BCUT2D eigenvalue weighted by Crippen LogP contribution is 2.13. The van der Waals surface area contributed by atoms with Crippen LogP contribution in [-0.2, 0) is 0 Å². The Bertz CT molecular complexity index is 355. The molecule has 1 unspecified atom stereocenters. The van der Waals surface area contributed by atoms with Crippen molar-refractivity contribution in [1.29, 1.82) is 0 Å². The van der Waals surface area contributed by atoms with Gasteiger partial charge in [-0.2, -0.15) is 0 Å². The highest BCUT2D eigenvalue weighted by atomic mass is 79.9. The molecule has 1 saturated heterocycles. The summed E-state index contributed by atoms with van der Waals surface area (Å²) in [6, 6.07) is 4.00.